The summed E-state index contributed by atoms with van der Waals surface area (Å²) in [5.41, 5.74) is 0.679. The molecule has 1 atom stereocenters. The van der Waals surface area contributed by atoms with Crippen molar-refractivity contribution in [2.24, 2.45) is 0 Å². The van der Waals surface area contributed by atoms with E-state index in [9.17, 15) is 12.6 Å². The monoisotopic (exact) mass is 339 g/mol. The Labute approximate surface area is 112 Å². The Bertz CT molecular complexity index is 528. The normalized spacial score (nSPS) is 13.6. The number of benzene rings is 1. The third-order valence-electron chi connectivity index (χ3n) is 2.12. The van der Waals surface area contributed by atoms with Crippen molar-refractivity contribution in [1.82, 2.24) is 4.72 Å². The highest BCUT2D eigenvalue weighted by atomic mass is 79.9. The van der Waals surface area contributed by atoms with Gasteiger partial charge in [-0.05, 0) is 24.6 Å². The van der Waals surface area contributed by atoms with Gasteiger partial charge in [0.1, 0.15) is 0 Å². The number of sulfonamides is 1. The van der Waals surface area contributed by atoms with Crippen LogP contribution in [-0.2, 0) is 20.8 Å². The minimum Gasteiger partial charge on any atom is -0.260 e. The molecule has 4 nitrogen and oxygen atoms in total. The Hall–Kier alpha value is -0.240. The fourth-order valence-electron chi connectivity index (χ4n) is 1.26. The van der Waals surface area contributed by atoms with Crippen LogP contribution in [0.25, 0.3) is 0 Å². The molecule has 7 heteroatoms. The average molecular weight is 340 g/mol. The fraction of sp³-hybridized carbons (Fsp3) is 0.400. The number of hydrogen-bond donors (Lipinski definition) is 1. The molecule has 1 rings (SSSR count). The topological polar surface area (TPSA) is 63.2 Å². The predicted octanol–water partition coefficient (Wildman–Crippen LogP) is 1.41. The summed E-state index contributed by atoms with van der Waals surface area (Å²) in [5, 5.41) is 0. The average Bonchev–Trinajstić information content (AvgIpc) is 2.20. The van der Waals surface area contributed by atoms with Gasteiger partial charge in [0, 0.05) is 33.8 Å². The van der Waals surface area contributed by atoms with Crippen molar-refractivity contribution in [3.63, 3.8) is 0 Å². The van der Waals surface area contributed by atoms with Crippen LogP contribution in [0, 0.1) is 6.92 Å². The largest absolute Gasteiger partial charge is 0.260 e. The maximum absolute atomic E-state index is 12.0. The van der Waals surface area contributed by atoms with E-state index in [4.69, 9.17) is 0 Å². The smallest absolute Gasteiger partial charge is 0.240 e. The Morgan fingerprint density at radius 3 is 2.65 bits per heavy atom. The van der Waals surface area contributed by atoms with E-state index in [1.807, 2.05) is 0 Å². The maximum Gasteiger partial charge on any atom is 0.240 e. The first kappa shape index (κ1) is 14.8. The molecule has 0 spiro atoms. The number of nitrogens with one attached hydrogen (secondary N) is 1. The van der Waals surface area contributed by atoms with Gasteiger partial charge in [0.25, 0.3) is 0 Å². The molecule has 0 aliphatic heterocycles. The van der Waals surface area contributed by atoms with Crippen molar-refractivity contribution in [3.8, 4) is 0 Å². The molecule has 1 N–H and O–H groups in total. The van der Waals surface area contributed by atoms with Gasteiger partial charge < -0.3 is 0 Å². The van der Waals surface area contributed by atoms with Crippen molar-refractivity contribution < 1.29 is 12.6 Å². The molecular formula is C10H14BrNO3S2. The predicted molar refractivity (Wildman–Crippen MR) is 73.0 cm³/mol. The summed E-state index contributed by atoms with van der Waals surface area (Å²) in [7, 11) is -4.53. The highest BCUT2D eigenvalue weighted by molar-refractivity contribution is 9.10. The summed E-state index contributed by atoms with van der Waals surface area (Å²) >= 11 is 3.24. The highest BCUT2D eigenvalue weighted by Crippen LogP contribution is 2.20. The summed E-state index contributed by atoms with van der Waals surface area (Å²) in [6.45, 7) is 1.91. The van der Waals surface area contributed by atoms with Crippen LogP contribution >= 0.6 is 15.9 Å². The minimum atomic E-state index is -3.52. The second-order valence-corrected chi connectivity index (χ2v) is 7.79. The van der Waals surface area contributed by atoms with E-state index in [0.717, 1.165) is 0 Å². The molecule has 17 heavy (non-hydrogen) atoms. The zero-order valence-corrected chi connectivity index (χ0v) is 12.8. The molecule has 0 radical (unpaired) electrons. The molecule has 0 aromatic heterocycles. The quantitative estimate of drug-likeness (QED) is 0.882. The van der Waals surface area contributed by atoms with Crippen molar-refractivity contribution in [2.75, 3.05) is 18.6 Å². The van der Waals surface area contributed by atoms with Crippen LogP contribution in [0.2, 0.25) is 0 Å². The van der Waals surface area contributed by atoms with Crippen molar-refractivity contribution in [2.45, 2.75) is 11.8 Å². The van der Waals surface area contributed by atoms with Gasteiger partial charge in [0.05, 0.1) is 4.90 Å². The number of rotatable bonds is 5. The van der Waals surface area contributed by atoms with E-state index >= 15 is 0 Å². The molecule has 1 aromatic carbocycles. The van der Waals surface area contributed by atoms with E-state index < -0.39 is 20.8 Å². The van der Waals surface area contributed by atoms with Crippen LogP contribution in [0.15, 0.2) is 27.6 Å². The second kappa shape index (κ2) is 6.08. The third kappa shape index (κ3) is 4.50. The van der Waals surface area contributed by atoms with Crippen molar-refractivity contribution in [1.29, 1.82) is 0 Å². The molecule has 0 saturated carbocycles. The molecule has 0 saturated heterocycles. The molecule has 1 aromatic rings. The first-order valence-corrected chi connectivity index (χ1v) is 8.89. The van der Waals surface area contributed by atoms with Gasteiger partial charge in [-0.15, -0.1) is 0 Å². The Balaban J connectivity index is 2.89. The Morgan fingerprint density at radius 1 is 1.41 bits per heavy atom. The molecule has 0 aliphatic rings. The zero-order chi connectivity index (χ0) is 13.1. The highest BCUT2D eigenvalue weighted by Gasteiger charge is 2.16. The molecule has 0 amide bonds. The Kier molecular flexibility index (Phi) is 5.30. The van der Waals surface area contributed by atoms with Crippen LogP contribution in [0.1, 0.15) is 5.56 Å². The SMILES string of the molecule is Cc1ccc(Br)cc1S(=O)(=O)NCCS(C)=O. The zero-order valence-electron chi connectivity index (χ0n) is 9.57. The van der Waals surface area contributed by atoms with E-state index in [0.29, 0.717) is 15.8 Å². The van der Waals surface area contributed by atoms with E-state index in [-0.39, 0.29) is 11.4 Å². The number of halogens is 1. The Morgan fingerprint density at radius 2 is 2.06 bits per heavy atom. The fourth-order valence-corrected chi connectivity index (χ4v) is 3.59. The lowest BCUT2D eigenvalue weighted by molar-refractivity contribution is 0.583. The number of hydrogen-bond acceptors (Lipinski definition) is 3. The van der Waals surface area contributed by atoms with Gasteiger partial charge in [0.2, 0.25) is 10.0 Å². The van der Waals surface area contributed by atoms with Crippen LogP contribution in [-0.4, -0.2) is 31.2 Å². The lowest BCUT2D eigenvalue weighted by Crippen LogP contribution is -2.28. The van der Waals surface area contributed by atoms with Gasteiger partial charge in [-0.3, -0.25) is 4.21 Å². The van der Waals surface area contributed by atoms with Crippen LogP contribution in [0.5, 0.6) is 0 Å². The van der Waals surface area contributed by atoms with Gasteiger partial charge in [0.15, 0.2) is 0 Å². The van der Waals surface area contributed by atoms with E-state index in [2.05, 4.69) is 20.7 Å². The first-order valence-electron chi connectivity index (χ1n) is 4.89. The lowest BCUT2D eigenvalue weighted by Gasteiger charge is -2.09. The molecule has 1 unspecified atom stereocenters. The summed E-state index contributed by atoms with van der Waals surface area (Å²) in [5.74, 6) is 0.312. The lowest BCUT2D eigenvalue weighted by atomic mass is 10.2. The molecule has 0 bridgehead atoms. The third-order valence-corrected chi connectivity index (χ3v) is 5.00. The summed E-state index contributed by atoms with van der Waals surface area (Å²) in [6.07, 6.45) is 1.54. The second-order valence-electron chi connectivity index (χ2n) is 3.58. The van der Waals surface area contributed by atoms with Crippen LogP contribution in [0.4, 0.5) is 0 Å². The summed E-state index contributed by atoms with van der Waals surface area (Å²) in [4.78, 5) is 0.244. The standard InChI is InChI=1S/C10H14BrNO3S2/c1-8-3-4-9(11)7-10(8)17(14,15)12-5-6-16(2)13/h3-4,7,12H,5-6H2,1-2H3. The summed E-state index contributed by atoms with van der Waals surface area (Å²) < 4.78 is 37.9. The van der Waals surface area contributed by atoms with Gasteiger partial charge in [-0.2, -0.15) is 0 Å². The minimum absolute atomic E-state index is 0.178. The molecular weight excluding hydrogens is 326 g/mol. The van der Waals surface area contributed by atoms with Crippen LogP contribution in [0.3, 0.4) is 0 Å². The number of aryl methyl sites for hydroxylation is 1. The molecule has 0 aliphatic carbocycles. The van der Waals surface area contributed by atoms with Gasteiger partial charge >= 0.3 is 0 Å². The van der Waals surface area contributed by atoms with Gasteiger partial charge in [-0.1, -0.05) is 22.0 Å². The van der Waals surface area contributed by atoms with Crippen molar-refractivity contribution in [3.05, 3.63) is 28.2 Å². The maximum atomic E-state index is 12.0. The van der Waals surface area contributed by atoms with Gasteiger partial charge in [-0.25, -0.2) is 13.1 Å². The van der Waals surface area contributed by atoms with Crippen LogP contribution < -0.4 is 4.72 Å². The summed E-state index contributed by atoms with van der Waals surface area (Å²) in [6, 6.07) is 5.08. The molecule has 96 valence electrons. The molecule has 0 heterocycles. The first-order chi connectivity index (χ1) is 7.83. The van der Waals surface area contributed by atoms with Crippen molar-refractivity contribution >= 4 is 36.8 Å². The van der Waals surface area contributed by atoms with E-state index in [1.165, 1.54) is 0 Å². The van der Waals surface area contributed by atoms with E-state index in [1.54, 1.807) is 31.4 Å². The molecule has 0 fully saturated rings.